The summed E-state index contributed by atoms with van der Waals surface area (Å²) in [5.74, 6) is 0. The second-order valence-corrected chi connectivity index (χ2v) is 9.23. The Labute approximate surface area is 198 Å². The Morgan fingerprint density at radius 1 is 0.559 bits per heavy atom. The van der Waals surface area contributed by atoms with Gasteiger partial charge in [-0.1, -0.05) is 78.9 Å². The summed E-state index contributed by atoms with van der Waals surface area (Å²) in [5, 5.41) is 5.92. The third-order valence-electron chi connectivity index (χ3n) is 7.33. The molecule has 2 heteroatoms. The summed E-state index contributed by atoms with van der Waals surface area (Å²) in [7, 11) is 0. The molecule has 0 saturated heterocycles. The van der Waals surface area contributed by atoms with Gasteiger partial charge in [-0.3, -0.25) is 0 Å². The van der Waals surface area contributed by atoms with Crippen LogP contribution in [0.2, 0.25) is 0 Å². The van der Waals surface area contributed by atoms with E-state index in [9.17, 15) is 0 Å². The zero-order valence-corrected chi connectivity index (χ0v) is 18.9. The monoisotopic (exact) mass is 437 g/mol. The quantitative estimate of drug-likeness (QED) is 0.300. The van der Waals surface area contributed by atoms with Crippen LogP contribution in [0, 0.1) is 0 Å². The second kappa shape index (κ2) is 7.10. The van der Waals surface area contributed by atoms with Crippen LogP contribution in [0.3, 0.4) is 0 Å². The molecule has 7 rings (SSSR count). The molecule has 1 aliphatic rings. The van der Waals surface area contributed by atoms with E-state index in [-0.39, 0.29) is 5.41 Å². The van der Waals surface area contributed by atoms with Gasteiger partial charge in [-0.25, -0.2) is 0 Å². The molecule has 0 amide bonds. The Hall–Kier alpha value is -4.30. The fourth-order valence-corrected chi connectivity index (χ4v) is 5.62. The van der Waals surface area contributed by atoms with Gasteiger partial charge in [0.15, 0.2) is 0 Å². The fourth-order valence-electron chi connectivity index (χ4n) is 5.62. The minimum Gasteiger partial charge on any atom is -0.456 e. The normalized spacial score (nSPS) is 16.5. The molecule has 5 aromatic carbocycles. The minimum atomic E-state index is -0.201. The zero-order chi connectivity index (χ0) is 22.7. The Morgan fingerprint density at radius 3 is 2.15 bits per heavy atom. The number of hydrogen-bond donors (Lipinski definition) is 1. The molecule has 1 atom stereocenters. The highest BCUT2D eigenvalue weighted by Gasteiger charge is 2.40. The number of hydrogen-bond acceptors (Lipinski definition) is 2. The van der Waals surface area contributed by atoms with Gasteiger partial charge >= 0.3 is 0 Å². The van der Waals surface area contributed by atoms with Gasteiger partial charge in [0, 0.05) is 33.6 Å². The molecule has 1 unspecified atom stereocenters. The number of fused-ring (bicyclic) bond motifs is 6. The first-order valence-electron chi connectivity index (χ1n) is 11.7. The summed E-state index contributed by atoms with van der Waals surface area (Å²) >= 11 is 0. The lowest BCUT2D eigenvalue weighted by molar-refractivity contribution is 0.669. The highest BCUT2D eigenvalue weighted by atomic mass is 16.3. The van der Waals surface area contributed by atoms with Crippen molar-refractivity contribution in [3.8, 4) is 11.1 Å². The summed E-state index contributed by atoms with van der Waals surface area (Å²) in [6.07, 6.45) is 0. The van der Waals surface area contributed by atoms with Crippen molar-refractivity contribution in [2.75, 3.05) is 5.32 Å². The van der Waals surface area contributed by atoms with Crippen LogP contribution in [0.25, 0.3) is 33.1 Å². The SMILES string of the molecule is CC1(c2ccccc2)c2ccccc2-c2ccc(Nc3ccc4c(c3)oc3ccccc34)cc21. The topological polar surface area (TPSA) is 25.2 Å². The molecule has 0 radical (unpaired) electrons. The minimum absolute atomic E-state index is 0.201. The molecular weight excluding hydrogens is 414 g/mol. The molecule has 1 aliphatic carbocycles. The molecule has 34 heavy (non-hydrogen) atoms. The average Bonchev–Trinajstić information content (AvgIpc) is 3.38. The Bertz CT molecular complexity index is 1700. The molecular formula is C32H23NO. The Kier molecular flexibility index (Phi) is 4.01. The summed E-state index contributed by atoms with van der Waals surface area (Å²) in [6, 6.07) is 40.9. The predicted molar refractivity (Wildman–Crippen MR) is 141 cm³/mol. The second-order valence-electron chi connectivity index (χ2n) is 9.23. The van der Waals surface area contributed by atoms with Crippen molar-refractivity contribution < 1.29 is 4.42 Å². The summed E-state index contributed by atoms with van der Waals surface area (Å²) in [6.45, 7) is 2.34. The van der Waals surface area contributed by atoms with Gasteiger partial charge in [0.1, 0.15) is 11.2 Å². The molecule has 1 heterocycles. The summed E-state index contributed by atoms with van der Waals surface area (Å²) < 4.78 is 6.10. The van der Waals surface area contributed by atoms with Crippen LogP contribution >= 0.6 is 0 Å². The lowest BCUT2D eigenvalue weighted by Gasteiger charge is -2.28. The maximum atomic E-state index is 6.10. The van der Waals surface area contributed by atoms with E-state index < -0.39 is 0 Å². The number of furan rings is 1. The highest BCUT2D eigenvalue weighted by molar-refractivity contribution is 6.05. The molecule has 162 valence electrons. The highest BCUT2D eigenvalue weighted by Crippen LogP contribution is 2.52. The third-order valence-corrected chi connectivity index (χ3v) is 7.33. The standard InChI is InChI=1S/C32H23NO/c1-32(21-9-3-2-4-10-21)28-13-7-5-11-24(28)25-17-15-22(19-29(25)32)33-23-16-18-27-26-12-6-8-14-30(26)34-31(27)20-23/h2-20,33H,1H3. The number of nitrogens with one attached hydrogen (secondary N) is 1. The molecule has 0 saturated carbocycles. The molecule has 1 N–H and O–H groups in total. The first-order valence-corrected chi connectivity index (χ1v) is 11.7. The van der Waals surface area contributed by atoms with Crippen LogP contribution < -0.4 is 5.32 Å². The van der Waals surface area contributed by atoms with E-state index in [0.717, 1.165) is 33.3 Å². The summed E-state index contributed by atoms with van der Waals surface area (Å²) in [4.78, 5) is 0. The largest absolute Gasteiger partial charge is 0.456 e. The summed E-state index contributed by atoms with van der Waals surface area (Å²) in [5.41, 5.74) is 10.3. The number of anilines is 2. The Morgan fingerprint density at radius 2 is 1.24 bits per heavy atom. The van der Waals surface area contributed by atoms with Gasteiger partial charge in [-0.05, 0) is 65.1 Å². The number of para-hydroxylation sites is 1. The molecule has 0 spiro atoms. The molecule has 2 nitrogen and oxygen atoms in total. The number of benzene rings is 5. The molecule has 0 aliphatic heterocycles. The van der Waals surface area contributed by atoms with E-state index in [2.05, 4.69) is 115 Å². The lowest BCUT2D eigenvalue weighted by atomic mass is 9.74. The molecule has 0 bridgehead atoms. The van der Waals surface area contributed by atoms with Crippen molar-refractivity contribution >= 4 is 33.3 Å². The first-order chi connectivity index (χ1) is 16.7. The van der Waals surface area contributed by atoms with Gasteiger partial charge in [-0.2, -0.15) is 0 Å². The van der Waals surface area contributed by atoms with Gasteiger partial charge in [0.2, 0.25) is 0 Å². The molecule has 1 aromatic heterocycles. The van der Waals surface area contributed by atoms with Gasteiger partial charge in [0.05, 0.1) is 0 Å². The van der Waals surface area contributed by atoms with Gasteiger partial charge < -0.3 is 9.73 Å². The molecule has 6 aromatic rings. The van der Waals surface area contributed by atoms with Gasteiger partial charge in [0.25, 0.3) is 0 Å². The van der Waals surface area contributed by atoms with E-state index in [1.807, 2.05) is 12.1 Å². The van der Waals surface area contributed by atoms with Crippen molar-refractivity contribution in [2.45, 2.75) is 12.3 Å². The van der Waals surface area contributed by atoms with Crippen LogP contribution in [-0.2, 0) is 5.41 Å². The lowest BCUT2D eigenvalue weighted by Crippen LogP contribution is -2.22. The maximum Gasteiger partial charge on any atom is 0.137 e. The first kappa shape index (κ1) is 19.2. The Balaban J connectivity index is 1.33. The van der Waals surface area contributed by atoms with Crippen LogP contribution in [0.4, 0.5) is 11.4 Å². The van der Waals surface area contributed by atoms with Crippen LogP contribution in [0.1, 0.15) is 23.6 Å². The molecule has 0 fully saturated rings. The van der Waals surface area contributed by atoms with E-state index in [1.165, 1.54) is 27.8 Å². The van der Waals surface area contributed by atoms with Gasteiger partial charge in [-0.15, -0.1) is 0 Å². The van der Waals surface area contributed by atoms with Crippen molar-refractivity contribution in [1.29, 1.82) is 0 Å². The number of rotatable bonds is 3. The van der Waals surface area contributed by atoms with Crippen LogP contribution in [-0.4, -0.2) is 0 Å². The van der Waals surface area contributed by atoms with Crippen LogP contribution in [0.15, 0.2) is 120 Å². The van der Waals surface area contributed by atoms with Crippen molar-refractivity contribution in [1.82, 2.24) is 0 Å². The van der Waals surface area contributed by atoms with E-state index in [0.29, 0.717) is 0 Å². The maximum absolute atomic E-state index is 6.10. The van der Waals surface area contributed by atoms with Crippen LogP contribution in [0.5, 0.6) is 0 Å². The smallest absolute Gasteiger partial charge is 0.137 e. The third kappa shape index (κ3) is 2.69. The van der Waals surface area contributed by atoms with E-state index >= 15 is 0 Å². The zero-order valence-electron chi connectivity index (χ0n) is 18.9. The predicted octanol–water partition coefficient (Wildman–Crippen LogP) is 8.66. The fraction of sp³-hybridized carbons (Fsp3) is 0.0625. The van der Waals surface area contributed by atoms with Crippen molar-refractivity contribution in [2.24, 2.45) is 0 Å². The van der Waals surface area contributed by atoms with Crippen molar-refractivity contribution in [3.05, 3.63) is 132 Å². The average molecular weight is 438 g/mol. The van der Waals surface area contributed by atoms with E-state index in [1.54, 1.807) is 0 Å². The van der Waals surface area contributed by atoms with E-state index in [4.69, 9.17) is 4.42 Å². The van der Waals surface area contributed by atoms with Crippen molar-refractivity contribution in [3.63, 3.8) is 0 Å².